The van der Waals surface area contributed by atoms with Crippen LogP contribution in [0.4, 0.5) is 0 Å². The van der Waals surface area contributed by atoms with E-state index in [4.69, 9.17) is 52.1 Å². The monoisotopic (exact) mass is 1380 g/mol. The summed E-state index contributed by atoms with van der Waals surface area (Å²) in [7, 11) is 17.5. The van der Waals surface area contributed by atoms with Gasteiger partial charge in [-0.25, -0.2) is 0 Å². The molecule has 0 saturated heterocycles. The molecule has 7 atom stereocenters. The van der Waals surface area contributed by atoms with E-state index in [2.05, 4.69) is 132 Å². The van der Waals surface area contributed by atoms with E-state index in [1.807, 2.05) is 99.9 Å². The number of ether oxygens (including phenoxy) is 11. The maximum atomic E-state index is 5.58. The zero-order valence-electron chi connectivity index (χ0n) is 66.2. The summed E-state index contributed by atoms with van der Waals surface area (Å²) < 4.78 is 55.1. The Kier molecular flexibility index (Phi) is 161. The molecule has 0 radical (unpaired) electrons. The molecule has 11 heteroatoms. The Morgan fingerprint density at radius 1 is 0.432 bits per heavy atom. The van der Waals surface area contributed by atoms with Gasteiger partial charge in [-0.3, -0.25) is 0 Å². The molecule has 1 aromatic rings. The zero-order valence-corrected chi connectivity index (χ0v) is 66.2. The predicted octanol–water partition coefficient (Wildman–Crippen LogP) is 26.9. The average Bonchev–Trinajstić information content (AvgIpc) is 1.57. The fourth-order valence-electron chi connectivity index (χ4n) is 9.20. The van der Waals surface area contributed by atoms with Gasteiger partial charge in [0.25, 0.3) is 0 Å². The van der Waals surface area contributed by atoms with Crippen LogP contribution in [0, 0.1) is 64.1 Å². The number of unbranched alkanes of at least 4 members (excludes halogenated alkanes) is 2. The van der Waals surface area contributed by atoms with Gasteiger partial charge in [0.15, 0.2) is 0 Å². The molecule has 3 aliphatic rings. The third-order valence-electron chi connectivity index (χ3n) is 14.1. The fourth-order valence-corrected chi connectivity index (χ4v) is 9.20. The summed E-state index contributed by atoms with van der Waals surface area (Å²) in [6, 6.07) is 9.71. The highest BCUT2D eigenvalue weighted by Crippen LogP contribution is 2.66. The van der Waals surface area contributed by atoms with Crippen molar-refractivity contribution in [1.29, 1.82) is 0 Å². The van der Waals surface area contributed by atoms with Crippen molar-refractivity contribution in [3.63, 3.8) is 0 Å². The van der Waals surface area contributed by atoms with Crippen molar-refractivity contribution in [2.24, 2.45) is 64.1 Å². The number of benzene rings is 1. The smallest absolute Gasteiger partial charge is 0.119 e. The van der Waals surface area contributed by atoms with Crippen LogP contribution in [0.1, 0.15) is 317 Å². The van der Waals surface area contributed by atoms with Crippen LogP contribution in [0.2, 0.25) is 0 Å². The SMILES string of the molecule is C.C.C.C.C.C.C.C.CC.CC.CC.CC.CCCCC(C)OC.CCCCOC.COC1CC(C)CCC1C(C)C.COC1CC2CCC1(C)C2(C)C.COCC(C)C.COCC(C)C.COCC(C)C.COCC(C)C.COCC(C)C.COCCOc1ccccc1. The first-order chi connectivity index (χ1) is 41.2. The van der Waals surface area contributed by atoms with Crippen LogP contribution in [-0.2, 0) is 47.4 Å². The summed E-state index contributed by atoms with van der Waals surface area (Å²) in [5, 5.41) is 0. The standard InChI is InChI=1S/C11H20O.C11H22O.C9H12O2.C7H16O.6C5H12O.4C2H6.8CH4/c1-10(2)8-5-6-11(10,3)9(7-8)12-4;1-8(2)10-6-5-9(3)7-11(10)12-4;1-10-7-8-11-9-5-3-2-4-6-9;1-4-5-6-7(2)8-3;5*1-5(2)4-6-3;1-3-4-5-6-2;4*1-2;;;;;;;;/h8-9H,5-7H2,1-4H3;8-11H,5-7H2,1-4H3;2-6H,7-8H2,1H3;7H,4-6H2,1-3H3;5*5H,4H2,1-3H3;3-5H2,1-2H3;4*1-2H3;8*1H4. The van der Waals surface area contributed by atoms with E-state index >= 15 is 0 Å². The molecule has 4 rings (SSSR count). The van der Waals surface area contributed by atoms with Gasteiger partial charge >= 0.3 is 0 Å². The van der Waals surface area contributed by atoms with Gasteiger partial charge in [0.2, 0.25) is 0 Å². The normalized spacial score (nSPS) is 17.3. The summed E-state index contributed by atoms with van der Waals surface area (Å²) >= 11 is 0. The summed E-state index contributed by atoms with van der Waals surface area (Å²) in [5.41, 5.74) is 0.958. The molecule has 95 heavy (non-hydrogen) atoms. The van der Waals surface area contributed by atoms with Gasteiger partial charge in [-0.2, -0.15) is 0 Å². The highest BCUT2D eigenvalue weighted by atomic mass is 16.5. The lowest BCUT2D eigenvalue weighted by atomic mass is 9.70. The number of para-hydroxylation sites is 1. The largest absolute Gasteiger partial charge is 0.491 e. The number of rotatable bonds is 24. The second-order valence-electron chi connectivity index (χ2n) is 24.9. The molecule has 2 bridgehead atoms. The lowest BCUT2D eigenvalue weighted by molar-refractivity contribution is -0.0200. The first-order valence-corrected chi connectivity index (χ1v) is 34.9. The third-order valence-corrected chi connectivity index (χ3v) is 14.1. The van der Waals surface area contributed by atoms with Crippen LogP contribution in [0.15, 0.2) is 30.3 Å². The molecule has 11 nitrogen and oxygen atoms in total. The first-order valence-electron chi connectivity index (χ1n) is 34.9. The van der Waals surface area contributed by atoms with Crippen LogP contribution < -0.4 is 4.74 Å². The van der Waals surface area contributed by atoms with Gasteiger partial charge in [-0.15, -0.1) is 0 Å². The van der Waals surface area contributed by atoms with E-state index in [1.54, 1.807) is 56.9 Å². The molecule has 0 amide bonds. The van der Waals surface area contributed by atoms with Crippen molar-refractivity contribution in [2.75, 3.05) is 124 Å². The Hall–Kier alpha value is -1.38. The van der Waals surface area contributed by atoms with Crippen LogP contribution >= 0.6 is 0 Å². The number of hydrogen-bond donors (Lipinski definition) is 0. The Morgan fingerprint density at radius 3 is 1.00 bits per heavy atom. The van der Waals surface area contributed by atoms with E-state index in [0.29, 0.717) is 71.9 Å². The lowest BCUT2D eigenvalue weighted by Gasteiger charge is -2.38. The fraction of sp³-hybridized carbons (Fsp3) is 0.929. The molecule has 7 unspecified atom stereocenters. The quantitative estimate of drug-likeness (QED) is 0.0925. The Bertz CT molecular complexity index is 1220. The molecular weight excluding hydrogens is 1180 g/mol. The lowest BCUT2D eigenvalue weighted by Crippen LogP contribution is -2.36. The minimum Gasteiger partial charge on any atom is -0.491 e. The second-order valence-corrected chi connectivity index (χ2v) is 24.9. The van der Waals surface area contributed by atoms with Crippen LogP contribution in [-0.4, -0.2) is 142 Å². The highest BCUT2D eigenvalue weighted by Gasteiger charge is 2.61. The Morgan fingerprint density at radius 2 is 0.789 bits per heavy atom. The molecule has 3 saturated carbocycles. The van der Waals surface area contributed by atoms with Crippen LogP contribution in [0.3, 0.4) is 0 Å². The van der Waals surface area contributed by atoms with Crippen LogP contribution in [0.5, 0.6) is 5.75 Å². The Labute approximate surface area is 608 Å². The van der Waals surface area contributed by atoms with Crippen molar-refractivity contribution in [3.05, 3.63) is 30.3 Å². The molecule has 1 aromatic carbocycles. The maximum absolute atomic E-state index is 5.58. The van der Waals surface area contributed by atoms with Crippen molar-refractivity contribution in [1.82, 2.24) is 0 Å². The molecule has 0 aliphatic heterocycles. The van der Waals surface area contributed by atoms with E-state index in [-0.39, 0.29) is 59.4 Å². The van der Waals surface area contributed by atoms with E-state index in [0.717, 1.165) is 69.1 Å². The van der Waals surface area contributed by atoms with E-state index < -0.39 is 0 Å². The Balaban J connectivity index is -0.0000000430. The topological polar surface area (TPSA) is 102 Å². The third kappa shape index (κ3) is 99.1. The van der Waals surface area contributed by atoms with Crippen molar-refractivity contribution in [3.8, 4) is 5.75 Å². The van der Waals surface area contributed by atoms with Gasteiger partial charge in [0.05, 0.1) is 24.9 Å². The van der Waals surface area contributed by atoms with Crippen molar-refractivity contribution >= 4 is 0 Å². The van der Waals surface area contributed by atoms with E-state index in [9.17, 15) is 0 Å². The minimum atomic E-state index is 0. The highest BCUT2D eigenvalue weighted by molar-refractivity contribution is 5.20. The van der Waals surface area contributed by atoms with Gasteiger partial charge in [0.1, 0.15) is 12.4 Å². The number of hydrogen-bond acceptors (Lipinski definition) is 11. The molecule has 0 spiro atoms. The average molecular weight is 1380 g/mol. The van der Waals surface area contributed by atoms with Gasteiger partial charge in [0, 0.05) is 111 Å². The number of methoxy groups -OCH3 is 10. The summed E-state index contributed by atoms with van der Waals surface area (Å²) in [5.74, 6) is 7.63. The zero-order chi connectivity index (χ0) is 70.3. The van der Waals surface area contributed by atoms with Crippen molar-refractivity contribution in [2.45, 2.75) is 335 Å². The molecule has 3 aliphatic carbocycles. The molecule has 0 heterocycles. The first kappa shape index (κ1) is 140. The predicted molar refractivity (Wildman–Crippen MR) is 442 cm³/mol. The molecule has 0 N–H and O–H groups in total. The van der Waals surface area contributed by atoms with Gasteiger partial charge in [-0.1, -0.05) is 283 Å². The molecule has 3 fully saturated rings. The number of fused-ring (bicyclic) bond motifs is 2. The van der Waals surface area contributed by atoms with Crippen LogP contribution in [0.25, 0.3) is 0 Å². The maximum Gasteiger partial charge on any atom is 0.119 e. The second kappa shape index (κ2) is 109. The van der Waals surface area contributed by atoms with Gasteiger partial charge in [-0.05, 0) is 128 Å². The summed E-state index contributed by atoms with van der Waals surface area (Å²) in [6.45, 7) is 64.5. The molecular formula is C84H198O11. The van der Waals surface area contributed by atoms with Gasteiger partial charge < -0.3 is 52.1 Å². The molecule has 0 aromatic heterocycles. The molecule has 600 valence electrons. The minimum absolute atomic E-state index is 0. The summed E-state index contributed by atoms with van der Waals surface area (Å²) in [6.07, 6.45) is 15.8. The van der Waals surface area contributed by atoms with Crippen molar-refractivity contribution < 1.29 is 52.1 Å². The summed E-state index contributed by atoms with van der Waals surface area (Å²) in [4.78, 5) is 0. The van der Waals surface area contributed by atoms with E-state index in [1.165, 1.54) is 70.6 Å².